The number of fused-ring (bicyclic) bond motifs is 1. The number of carbonyl (C=O) groups is 1. The van der Waals surface area contributed by atoms with E-state index in [0.29, 0.717) is 18.2 Å². The predicted molar refractivity (Wildman–Crippen MR) is 111 cm³/mol. The molecule has 3 heterocycles. The monoisotopic (exact) mass is 390 g/mol. The first-order valence-electron chi connectivity index (χ1n) is 9.35. The zero-order valence-corrected chi connectivity index (χ0v) is 16.6. The maximum atomic E-state index is 11.7. The molecule has 0 aliphatic rings. The van der Waals surface area contributed by atoms with Crippen molar-refractivity contribution in [2.75, 3.05) is 25.6 Å². The van der Waals surface area contributed by atoms with E-state index in [9.17, 15) is 4.79 Å². The number of hydrogen-bond acceptors (Lipinski definition) is 6. The highest BCUT2D eigenvalue weighted by Crippen LogP contribution is 2.23. The Labute approximate surface area is 168 Å². The van der Waals surface area contributed by atoms with E-state index in [-0.39, 0.29) is 12.4 Å². The van der Waals surface area contributed by atoms with Gasteiger partial charge in [0.1, 0.15) is 0 Å². The first kappa shape index (κ1) is 18.7. The van der Waals surface area contributed by atoms with Crippen LogP contribution >= 0.6 is 0 Å². The van der Waals surface area contributed by atoms with E-state index in [1.165, 1.54) is 0 Å². The Morgan fingerprint density at radius 2 is 1.97 bits per heavy atom. The maximum absolute atomic E-state index is 11.7. The SMILES string of the molecule is CCOC(=O)Cc1ccn(-c2cncc(-n3ncc4ccc(N(C)C)cc43)n2)c1. The van der Waals surface area contributed by atoms with Crippen molar-refractivity contribution >= 4 is 22.6 Å². The summed E-state index contributed by atoms with van der Waals surface area (Å²) in [6, 6.07) is 8.04. The fourth-order valence-electron chi connectivity index (χ4n) is 3.11. The van der Waals surface area contributed by atoms with Gasteiger partial charge in [-0.05, 0) is 36.8 Å². The number of benzene rings is 1. The van der Waals surface area contributed by atoms with Crippen molar-refractivity contribution in [2.45, 2.75) is 13.3 Å². The summed E-state index contributed by atoms with van der Waals surface area (Å²) >= 11 is 0. The van der Waals surface area contributed by atoms with Gasteiger partial charge in [-0.1, -0.05) is 0 Å². The van der Waals surface area contributed by atoms with E-state index in [0.717, 1.165) is 22.2 Å². The Bertz CT molecular complexity index is 1160. The van der Waals surface area contributed by atoms with Gasteiger partial charge >= 0.3 is 5.97 Å². The van der Waals surface area contributed by atoms with Crippen molar-refractivity contribution in [3.8, 4) is 11.6 Å². The van der Waals surface area contributed by atoms with Crippen molar-refractivity contribution in [1.82, 2.24) is 24.3 Å². The molecule has 4 aromatic rings. The standard InChI is InChI=1S/C21H22N6O2/c1-4-29-21(28)9-15-7-8-26(14-15)19-12-22-13-20(24-19)27-18-10-17(25(2)3)6-5-16(18)11-23-27/h5-8,10-14H,4,9H2,1-3H3. The molecule has 1 aromatic carbocycles. The van der Waals surface area contributed by atoms with Gasteiger partial charge in [-0.2, -0.15) is 5.10 Å². The maximum Gasteiger partial charge on any atom is 0.310 e. The van der Waals surface area contributed by atoms with Gasteiger partial charge in [-0.25, -0.2) is 9.67 Å². The molecular weight excluding hydrogens is 368 g/mol. The van der Waals surface area contributed by atoms with Crippen LogP contribution in [-0.4, -0.2) is 51.0 Å². The molecule has 0 spiro atoms. The summed E-state index contributed by atoms with van der Waals surface area (Å²) in [5.41, 5.74) is 2.89. The molecule has 0 bridgehead atoms. The van der Waals surface area contributed by atoms with Gasteiger partial charge in [0.15, 0.2) is 11.6 Å². The summed E-state index contributed by atoms with van der Waals surface area (Å²) in [6.45, 7) is 2.17. The average molecular weight is 390 g/mol. The van der Waals surface area contributed by atoms with Crippen molar-refractivity contribution in [1.29, 1.82) is 0 Å². The number of carbonyl (C=O) groups excluding carboxylic acids is 1. The van der Waals surface area contributed by atoms with Crippen molar-refractivity contribution in [3.63, 3.8) is 0 Å². The average Bonchev–Trinajstić information content (AvgIpc) is 3.34. The molecule has 4 rings (SSSR count). The fourth-order valence-corrected chi connectivity index (χ4v) is 3.11. The first-order chi connectivity index (χ1) is 14.0. The molecule has 8 heteroatoms. The minimum atomic E-state index is -0.246. The van der Waals surface area contributed by atoms with Gasteiger partial charge in [0, 0.05) is 37.6 Å². The number of aromatic nitrogens is 5. The molecule has 0 amide bonds. The molecule has 0 saturated heterocycles. The normalized spacial score (nSPS) is 11.0. The molecule has 0 fully saturated rings. The smallest absolute Gasteiger partial charge is 0.310 e. The summed E-state index contributed by atoms with van der Waals surface area (Å²) < 4.78 is 8.62. The van der Waals surface area contributed by atoms with Gasteiger partial charge < -0.3 is 14.2 Å². The highest BCUT2D eigenvalue weighted by molar-refractivity contribution is 5.83. The summed E-state index contributed by atoms with van der Waals surface area (Å²) in [6.07, 6.45) is 9.11. The van der Waals surface area contributed by atoms with E-state index in [1.807, 2.05) is 54.3 Å². The van der Waals surface area contributed by atoms with E-state index in [1.54, 1.807) is 24.0 Å². The topological polar surface area (TPSA) is 78.1 Å². The molecule has 29 heavy (non-hydrogen) atoms. The first-order valence-corrected chi connectivity index (χ1v) is 9.35. The van der Waals surface area contributed by atoms with Crippen LogP contribution in [0.2, 0.25) is 0 Å². The molecule has 3 aromatic heterocycles. The van der Waals surface area contributed by atoms with Crippen LogP contribution in [0.5, 0.6) is 0 Å². The van der Waals surface area contributed by atoms with E-state index < -0.39 is 0 Å². The lowest BCUT2D eigenvalue weighted by molar-refractivity contribution is -0.142. The molecule has 0 saturated carbocycles. The number of ether oxygens (including phenoxy) is 1. The summed E-state index contributed by atoms with van der Waals surface area (Å²) in [5, 5.41) is 5.52. The van der Waals surface area contributed by atoms with Crippen LogP contribution in [0.25, 0.3) is 22.5 Å². The molecule has 0 unspecified atom stereocenters. The lowest BCUT2D eigenvalue weighted by Gasteiger charge is -2.12. The zero-order valence-electron chi connectivity index (χ0n) is 16.6. The Morgan fingerprint density at radius 1 is 1.14 bits per heavy atom. The second-order valence-electron chi connectivity index (χ2n) is 6.84. The minimum absolute atomic E-state index is 0.227. The van der Waals surface area contributed by atoms with Crippen LogP contribution in [-0.2, 0) is 16.0 Å². The van der Waals surface area contributed by atoms with Crippen molar-refractivity contribution in [3.05, 3.63) is 60.8 Å². The van der Waals surface area contributed by atoms with Crippen LogP contribution in [0.3, 0.4) is 0 Å². The third-order valence-electron chi connectivity index (χ3n) is 4.57. The Morgan fingerprint density at radius 3 is 2.76 bits per heavy atom. The predicted octanol–water partition coefficient (Wildman–Crippen LogP) is 2.78. The molecule has 0 atom stereocenters. The number of rotatable bonds is 6. The largest absolute Gasteiger partial charge is 0.466 e. The number of esters is 1. The van der Waals surface area contributed by atoms with Gasteiger partial charge in [0.05, 0.1) is 37.1 Å². The highest BCUT2D eigenvalue weighted by Gasteiger charge is 2.11. The van der Waals surface area contributed by atoms with Crippen LogP contribution in [0.15, 0.2) is 55.2 Å². The molecule has 8 nitrogen and oxygen atoms in total. The van der Waals surface area contributed by atoms with Gasteiger partial charge in [-0.15, -0.1) is 0 Å². The summed E-state index contributed by atoms with van der Waals surface area (Å²) in [4.78, 5) is 22.8. The lowest BCUT2D eigenvalue weighted by Crippen LogP contribution is -2.09. The second kappa shape index (κ2) is 7.75. The van der Waals surface area contributed by atoms with E-state index in [2.05, 4.69) is 22.2 Å². The quantitative estimate of drug-likeness (QED) is 0.471. The Balaban J connectivity index is 1.66. The van der Waals surface area contributed by atoms with Crippen molar-refractivity contribution < 1.29 is 9.53 Å². The van der Waals surface area contributed by atoms with Gasteiger partial charge in [0.25, 0.3) is 0 Å². The molecule has 0 N–H and O–H groups in total. The van der Waals surface area contributed by atoms with E-state index in [4.69, 9.17) is 9.72 Å². The molecule has 148 valence electrons. The van der Waals surface area contributed by atoms with Crippen LogP contribution < -0.4 is 4.90 Å². The Kier molecular flexibility index (Phi) is 4.99. The van der Waals surface area contributed by atoms with Crippen molar-refractivity contribution in [2.24, 2.45) is 0 Å². The second-order valence-corrected chi connectivity index (χ2v) is 6.84. The third-order valence-corrected chi connectivity index (χ3v) is 4.57. The minimum Gasteiger partial charge on any atom is -0.466 e. The number of hydrogen-bond donors (Lipinski definition) is 0. The zero-order chi connectivity index (χ0) is 20.4. The van der Waals surface area contributed by atoms with Crippen LogP contribution in [0.1, 0.15) is 12.5 Å². The molecule has 0 aliphatic carbocycles. The summed E-state index contributed by atoms with van der Waals surface area (Å²) in [7, 11) is 4.00. The molecule has 0 radical (unpaired) electrons. The van der Waals surface area contributed by atoms with Crippen LogP contribution in [0.4, 0.5) is 5.69 Å². The molecule has 0 aliphatic heterocycles. The Hall–Kier alpha value is -3.68. The van der Waals surface area contributed by atoms with Gasteiger partial charge in [0.2, 0.25) is 0 Å². The number of anilines is 1. The molecular formula is C21H22N6O2. The highest BCUT2D eigenvalue weighted by atomic mass is 16.5. The van der Waals surface area contributed by atoms with Crippen LogP contribution in [0, 0.1) is 0 Å². The van der Waals surface area contributed by atoms with E-state index >= 15 is 0 Å². The number of nitrogens with zero attached hydrogens (tertiary/aromatic N) is 6. The third kappa shape index (κ3) is 3.82. The van der Waals surface area contributed by atoms with Gasteiger partial charge in [-0.3, -0.25) is 9.78 Å². The summed E-state index contributed by atoms with van der Waals surface area (Å²) in [5.74, 6) is 1.02. The fraction of sp³-hybridized carbons (Fsp3) is 0.238. The lowest BCUT2D eigenvalue weighted by atomic mass is 10.2.